The molecule has 6 nitrogen and oxygen atoms in total. The fraction of sp³-hybridized carbons (Fsp3) is 0.343. The van der Waals surface area contributed by atoms with Crippen LogP contribution in [-0.4, -0.2) is 32.1 Å². The van der Waals surface area contributed by atoms with Crippen LogP contribution in [0.15, 0.2) is 66.7 Å². The van der Waals surface area contributed by atoms with Gasteiger partial charge >= 0.3 is 5.97 Å². The molecule has 0 aromatic heterocycles. The number of nitrogens with zero attached hydrogens (tertiary/aromatic N) is 2. The van der Waals surface area contributed by atoms with Crippen molar-refractivity contribution in [3.63, 3.8) is 0 Å². The molecule has 1 amide bonds. The Morgan fingerprint density at radius 2 is 1.79 bits per heavy atom. The van der Waals surface area contributed by atoms with Crippen LogP contribution in [0, 0.1) is 22.6 Å². The smallest absolute Gasteiger partial charge is 0.331 e. The van der Waals surface area contributed by atoms with Crippen molar-refractivity contribution in [1.82, 2.24) is 0 Å². The number of hydrogen-bond donors (Lipinski definition) is 1. The lowest BCUT2D eigenvalue weighted by atomic mass is 9.69. The Bertz CT molecular complexity index is 1500. The summed E-state index contributed by atoms with van der Waals surface area (Å²) >= 11 is 0. The van der Waals surface area contributed by atoms with Crippen LogP contribution in [0.1, 0.15) is 62.6 Å². The van der Waals surface area contributed by atoms with Gasteiger partial charge in [-0.3, -0.25) is 4.79 Å². The fourth-order valence-electron chi connectivity index (χ4n) is 5.55. The molecule has 1 fully saturated rings. The number of anilines is 2. The van der Waals surface area contributed by atoms with Crippen molar-refractivity contribution in [3.8, 4) is 17.2 Å². The highest BCUT2D eigenvalue weighted by Gasteiger charge is 2.40. The van der Waals surface area contributed by atoms with Gasteiger partial charge in [0.15, 0.2) is 5.82 Å². The van der Waals surface area contributed by atoms with E-state index in [9.17, 15) is 14.9 Å². The van der Waals surface area contributed by atoms with Crippen LogP contribution in [0.5, 0.6) is 0 Å². The van der Waals surface area contributed by atoms with Gasteiger partial charge in [-0.15, -0.1) is 0 Å². The van der Waals surface area contributed by atoms with Gasteiger partial charge in [-0.05, 0) is 80.1 Å². The number of halogens is 1. The zero-order valence-electron chi connectivity index (χ0n) is 24.7. The average Bonchev–Trinajstić information content (AvgIpc) is 2.97. The van der Waals surface area contributed by atoms with Crippen molar-refractivity contribution in [2.24, 2.45) is 5.41 Å². The maximum absolute atomic E-state index is 15.4. The highest BCUT2D eigenvalue weighted by Crippen LogP contribution is 2.41. The second-order valence-corrected chi connectivity index (χ2v) is 11.4. The van der Waals surface area contributed by atoms with E-state index >= 15 is 4.39 Å². The predicted octanol–water partition coefficient (Wildman–Crippen LogP) is 7.53. The molecule has 0 heterocycles. The molecule has 1 aliphatic rings. The molecule has 0 aliphatic heterocycles. The molecule has 3 aromatic carbocycles. The van der Waals surface area contributed by atoms with Crippen molar-refractivity contribution in [2.75, 3.05) is 24.3 Å². The van der Waals surface area contributed by atoms with Crippen LogP contribution in [-0.2, 0) is 20.7 Å². The zero-order valence-corrected chi connectivity index (χ0v) is 24.7. The van der Waals surface area contributed by atoms with E-state index in [-0.39, 0.29) is 23.3 Å². The molecule has 0 unspecified atom stereocenters. The number of nitriles is 1. The van der Waals surface area contributed by atoms with Crippen LogP contribution in [0.25, 0.3) is 17.2 Å². The standard InChI is InChI=1S/C35H38FN3O3/c1-24(2)42-32(40)18-14-27-9-8-10-31(33(27)36)38-34(41)35(19-6-5-7-20-35)22-25-11-17-30(28(21-25)23-37)26-12-15-29(16-13-26)39(3)4/h8-18,21,24H,5-7,19-20,22H2,1-4H3,(H,38,41)/b18-14+. The number of amides is 1. The molecule has 3 aromatic rings. The first kappa shape index (κ1) is 30.5. The Kier molecular flexibility index (Phi) is 9.80. The van der Waals surface area contributed by atoms with Crippen LogP contribution in [0.3, 0.4) is 0 Å². The van der Waals surface area contributed by atoms with E-state index in [0.29, 0.717) is 24.8 Å². The Hall–Kier alpha value is -4.44. The monoisotopic (exact) mass is 567 g/mol. The third-order valence-electron chi connectivity index (χ3n) is 7.76. The summed E-state index contributed by atoms with van der Waals surface area (Å²) in [5.41, 5.74) is 3.85. The minimum absolute atomic E-state index is 0.0681. The summed E-state index contributed by atoms with van der Waals surface area (Å²) in [6.07, 6.45) is 6.91. The first-order valence-electron chi connectivity index (χ1n) is 14.4. The van der Waals surface area contributed by atoms with Crippen LogP contribution in [0.2, 0.25) is 0 Å². The number of rotatable bonds is 9. The molecule has 4 rings (SSSR count). The van der Waals surface area contributed by atoms with Gasteiger partial charge in [-0.25, -0.2) is 9.18 Å². The van der Waals surface area contributed by atoms with Gasteiger partial charge in [0, 0.05) is 31.4 Å². The molecule has 42 heavy (non-hydrogen) atoms. The van der Waals surface area contributed by atoms with Crippen molar-refractivity contribution < 1.29 is 18.7 Å². The van der Waals surface area contributed by atoms with E-state index < -0.39 is 17.2 Å². The van der Waals surface area contributed by atoms with Gasteiger partial charge < -0.3 is 15.0 Å². The molecular formula is C35H38FN3O3. The molecule has 0 saturated heterocycles. The van der Waals surface area contributed by atoms with Crippen LogP contribution < -0.4 is 10.2 Å². The lowest BCUT2D eigenvalue weighted by Crippen LogP contribution is -2.40. The average molecular weight is 568 g/mol. The van der Waals surface area contributed by atoms with Crippen molar-refractivity contribution in [3.05, 3.63) is 89.2 Å². The number of carbonyl (C=O) groups is 2. The largest absolute Gasteiger partial charge is 0.460 e. The molecule has 1 saturated carbocycles. The van der Waals surface area contributed by atoms with E-state index in [1.807, 2.05) is 61.5 Å². The lowest BCUT2D eigenvalue weighted by molar-refractivity contribution is -0.141. The second-order valence-electron chi connectivity index (χ2n) is 11.4. The lowest BCUT2D eigenvalue weighted by Gasteiger charge is -2.36. The molecule has 0 bridgehead atoms. The SMILES string of the molecule is CC(C)OC(=O)/C=C/c1cccc(NC(=O)C2(Cc3ccc(-c4ccc(N(C)C)cc4)c(C#N)c3)CCCCC2)c1F. The van der Waals surface area contributed by atoms with Gasteiger partial charge in [-0.1, -0.05) is 55.7 Å². The van der Waals surface area contributed by atoms with Crippen molar-refractivity contribution in [1.29, 1.82) is 5.26 Å². The molecule has 218 valence electrons. The minimum atomic E-state index is -0.723. The number of esters is 1. The fourth-order valence-corrected chi connectivity index (χ4v) is 5.55. The molecule has 1 N–H and O–H groups in total. The van der Waals surface area contributed by atoms with E-state index in [2.05, 4.69) is 11.4 Å². The van der Waals surface area contributed by atoms with E-state index in [4.69, 9.17) is 4.74 Å². The predicted molar refractivity (Wildman–Crippen MR) is 165 cm³/mol. The summed E-state index contributed by atoms with van der Waals surface area (Å²) in [5, 5.41) is 12.8. The molecule has 0 atom stereocenters. The molecule has 7 heteroatoms. The Balaban J connectivity index is 1.57. The topological polar surface area (TPSA) is 82.4 Å². The third-order valence-corrected chi connectivity index (χ3v) is 7.76. The summed E-state index contributed by atoms with van der Waals surface area (Å²) in [6, 6.07) is 20.9. The molecule has 0 spiro atoms. The number of carbonyl (C=O) groups excluding carboxylic acids is 2. The van der Waals surface area contributed by atoms with Crippen molar-refractivity contribution >= 4 is 29.3 Å². The second kappa shape index (κ2) is 13.5. The molecule has 0 radical (unpaired) electrons. The van der Waals surface area contributed by atoms with Gasteiger partial charge in [0.2, 0.25) is 5.91 Å². The first-order chi connectivity index (χ1) is 20.1. The maximum atomic E-state index is 15.4. The number of ether oxygens (including phenoxy) is 1. The third kappa shape index (κ3) is 7.25. The van der Waals surface area contributed by atoms with E-state index in [1.54, 1.807) is 26.0 Å². The minimum Gasteiger partial charge on any atom is -0.460 e. The Morgan fingerprint density at radius 3 is 2.43 bits per heavy atom. The summed E-state index contributed by atoms with van der Waals surface area (Å²) < 4.78 is 20.5. The zero-order chi connectivity index (χ0) is 30.3. The van der Waals surface area contributed by atoms with E-state index in [1.165, 1.54) is 18.2 Å². The van der Waals surface area contributed by atoms with Gasteiger partial charge in [0.05, 0.1) is 28.8 Å². The summed E-state index contributed by atoms with van der Waals surface area (Å²) in [5.74, 6) is -1.40. The maximum Gasteiger partial charge on any atom is 0.331 e. The van der Waals surface area contributed by atoms with Crippen LogP contribution >= 0.6 is 0 Å². The number of nitrogens with one attached hydrogen (secondary N) is 1. The Labute approximate surface area is 247 Å². The first-order valence-corrected chi connectivity index (χ1v) is 14.4. The molecule has 1 aliphatic carbocycles. The van der Waals surface area contributed by atoms with Gasteiger partial charge in [0.25, 0.3) is 0 Å². The van der Waals surface area contributed by atoms with Gasteiger partial charge in [0.1, 0.15) is 0 Å². The number of hydrogen-bond acceptors (Lipinski definition) is 5. The normalized spacial score (nSPS) is 14.4. The van der Waals surface area contributed by atoms with E-state index in [0.717, 1.165) is 41.6 Å². The van der Waals surface area contributed by atoms with Crippen molar-refractivity contribution in [2.45, 2.75) is 58.5 Å². The summed E-state index contributed by atoms with van der Waals surface area (Å²) in [7, 11) is 3.97. The summed E-state index contributed by atoms with van der Waals surface area (Å²) in [6.45, 7) is 3.48. The quantitative estimate of drug-likeness (QED) is 0.214. The van der Waals surface area contributed by atoms with Crippen LogP contribution in [0.4, 0.5) is 15.8 Å². The molecular weight excluding hydrogens is 529 g/mol. The number of benzene rings is 3. The highest BCUT2D eigenvalue weighted by molar-refractivity contribution is 5.96. The Morgan fingerprint density at radius 1 is 1.07 bits per heavy atom. The van der Waals surface area contributed by atoms with Gasteiger partial charge in [-0.2, -0.15) is 5.26 Å². The summed E-state index contributed by atoms with van der Waals surface area (Å²) in [4.78, 5) is 27.7. The highest BCUT2D eigenvalue weighted by atomic mass is 19.1.